The average molecular weight is 275 g/mol. The second-order valence-corrected chi connectivity index (χ2v) is 6.21. The van der Waals surface area contributed by atoms with Crippen LogP contribution in [0.2, 0.25) is 0 Å². The monoisotopic (exact) mass is 275 g/mol. The molecular formula is C15H17NO2S. The molecule has 3 nitrogen and oxygen atoms in total. The maximum atomic E-state index is 11.4. The van der Waals surface area contributed by atoms with Crippen molar-refractivity contribution in [3.05, 3.63) is 40.9 Å². The Labute approximate surface area is 117 Å². The first-order chi connectivity index (χ1) is 8.91. The molecular weight excluding hydrogens is 258 g/mol. The molecule has 0 spiro atoms. The zero-order valence-electron chi connectivity index (χ0n) is 11.6. The normalized spacial score (nSPS) is 11.4. The van der Waals surface area contributed by atoms with Gasteiger partial charge in [0.05, 0.1) is 7.11 Å². The van der Waals surface area contributed by atoms with Crippen LogP contribution in [0.1, 0.15) is 36.8 Å². The highest BCUT2D eigenvalue weighted by molar-refractivity contribution is 7.13. The summed E-state index contributed by atoms with van der Waals surface area (Å²) in [6, 6.07) is 8.30. The first-order valence-electron chi connectivity index (χ1n) is 6.06. The van der Waals surface area contributed by atoms with Crippen molar-refractivity contribution in [2.75, 3.05) is 7.11 Å². The minimum Gasteiger partial charge on any atom is -0.464 e. The molecule has 2 rings (SSSR count). The van der Waals surface area contributed by atoms with Gasteiger partial charge in [0.25, 0.3) is 0 Å². The summed E-state index contributed by atoms with van der Waals surface area (Å²) in [5.41, 5.74) is 2.80. The Balaban J connectivity index is 2.28. The highest BCUT2D eigenvalue weighted by Gasteiger charge is 2.15. The third-order valence-corrected chi connectivity index (χ3v) is 3.79. The van der Waals surface area contributed by atoms with Crippen molar-refractivity contribution in [3.8, 4) is 10.6 Å². The summed E-state index contributed by atoms with van der Waals surface area (Å²) in [5, 5.41) is 2.56. The van der Waals surface area contributed by atoms with Gasteiger partial charge in [0, 0.05) is 10.9 Å². The van der Waals surface area contributed by atoms with Gasteiger partial charge in [0.1, 0.15) is 5.01 Å². The van der Waals surface area contributed by atoms with E-state index in [-0.39, 0.29) is 5.41 Å². The van der Waals surface area contributed by atoms with Gasteiger partial charge in [-0.25, -0.2) is 9.78 Å². The van der Waals surface area contributed by atoms with Gasteiger partial charge in [-0.15, -0.1) is 11.3 Å². The summed E-state index contributed by atoms with van der Waals surface area (Å²) in [6.07, 6.45) is 0. The lowest BCUT2D eigenvalue weighted by Gasteiger charge is -2.18. The van der Waals surface area contributed by atoms with Crippen LogP contribution >= 0.6 is 11.3 Å². The molecule has 0 N–H and O–H groups in total. The molecule has 0 unspecified atom stereocenters. The van der Waals surface area contributed by atoms with Crippen molar-refractivity contribution < 1.29 is 9.53 Å². The number of carbonyl (C=O) groups is 1. The fourth-order valence-corrected chi connectivity index (χ4v) is 2.51. The molecule has 4 heteroatoms. The van der Waals surface area contributed by atoms with Gasteiger partial charge >= 0.3 is 5.97 Å². The summed E-state index contributed by atoms with van der Waals surface area (Å²) in [5.74, 6) is -0.395. The molecule has 2 aromatic rings. The lowest BCUT2D eigenvalue weighted by atomic mass is 9.87. The summed E-state index contributed by atoms with van der Waals surface area (Å²) < 4.78 is 4.65. The summed E-state index contributed by atoms with van der Waals surface area (Å²) in [7, 11) is 1.36. The average Bonchev–Trinajstić information content (AvgIpc) is 2.86. The number of rotatable bonds is 2. The fourth-order valence-electron chi connectivity index (χ4n) is 1.72. The molecule has 1 aromatic heterocycles. The second kappa shape index (κ2) is 5.13. The van der Waals surface area contributed by atoms with E-state index < -0.39 is 5.97 Å². The van der Waals surface area contributed by atoms with Crippen molar-refractivity contribution in [2.24, 2.45) is 0 Å². The summed E-state index contributed by atoms with van der Waals surface area (Å²) in [6.45, 7) is 6.54. The van der Waals surface area contributed by atoms with Gasteiger partial charge < -0.3 is 4.74 Å². The highest BCUT2D eigenvalue weighted by atomic mass is 32.1. The molecule has 1 aromatic carbocycles. The van der Waals surface area contributed by atoms with Gasteiger partial charge in [-0.05, 0) is 11.0 Å². The van der Waals surface area contributed by atoms with Gasteiger partial charge in [0.15, 0.2) is 5.69 Å². The number of thiazole rings is 1. The molecule has 1 heterocycles. The number of ether oxygens (including phenoxy) is 1. The molecule has 19 heavy (non-hydrogen) atoms. The van der Waals surface area contributed by atoms with Crippen LogP contribution in [0.15, 0.2) is 29.6 Å². The van der Waals surface area contributed by atoms with Gasteiger partial charge in [0.2, 0.25) is 0 Å². The molecule has 0 aliphatic carbocycles. The molecule has 0 saturated carbocycles. The molecule has 0 atom stereocenters. The minimum atomic E-state index is -0.395. The van der Waals surface area contributed by atoms with Gasteiger partial charge in [-0.2, -0.15) is 0 Å². The standard InChI is InChI=1S/C15H17NO2S/c1-15(2,3)11-7-5-10(6-8-11)13-16-12(9-19-13)14(17)18-4/h5-9H,1-4H3. The van der Waals surface area contributed by atoms with E-state index in [1.165, 1.54) is 24.0 Å². The first kappa shape index (κ1) is 13.7. The molecule has 0 bridgehead atoms. The number of hydrogen-bond acceptors (Lipinski definition) is 4. The number of aromatic nitrogens is 1. The van der Waals surface area contributed by atoms with Crippen molar-refractivity contribution in [1.82, 2.24) is 4.98 Å². The number of benzene rings is 1. The second-order valence-electron chi connectivity index (χ2n) is 5.36. The Hall–Kier alpha value is -1.68. The van der Waals surface area contributed by atoms with Crippen LogP contribution in [0.25, 0.3) is 10.6 Å². The fraction of sp³-hybridized carbons (Fsp3) is 0.333. The first-order valence-corrected chi connectivity index (χ1v) is 6.94. The van der Waals surface area contributed by atoms with Crippen LogP contribution in [-0.2, 0) is 10.2 Å². The predicted octanol–water partition coefficient (Wildman–Crippen LogP) is 3.89. The molecule has 0 aliphatic heterocycles. The van der Waals surface area contributed by atoms with Gasteiger partial charge in [-0.3, -0.25) is 0 Å². The maximum Gasteiger partial charge on any atom is 0.357 e. The van der Waals surface area contributed by atoms with Crippen LogP contribution in [0.3, 0.4) is 0 Å². The van der Waals surface area contributed by atoms with Crippen molar-refractivity contribution in [1.29, 1.82) is 0 Å². The minimum absolute atomic E-state index is 0.137. The van der Waals surface area contributed by atoms with E-state index in [9.17, 15) is 4.79 Å². The smallest absolute Gasteiger partial charge is 0.357 e. The summed E-state index contributed by atoms with van der Waals surface area (Å²) >= 11 is 1.45. The van der Waals surface area contributed by atoms with E-state index in [2.05, 4.69) is 42.6 Å². The Morgan fingerprint density at radius 2 is 1.84 bits per heavy atom. The molecule has 100 valence electrons. The van der Waals surface area contributed by atoms with E-state index >= 15 is 0 Å². The van der Waals surface area contributed by atoms with Crippen molar-refractivity contribution in [2.45, 2.75) is 26.2 Å². The lowest BCUT2D eigenvalue weighted by molar-refractivity contribution is 0.0595. The quantitative estimate of drug-likeness (QED) is 0.780. The van der Waals surface area contributed by atoms with Crippen molar-refractivity contribution >= 4 is 17.3 Å². The Kier molecular flexibility index (Phi) is 3.71. The van der Waals surface area contributed by atoms with E-state index in [0.29, 0.717) is 5.69 Å². The van der Waals surface area contributed by atoms with Crippen LogP contribution in [-0.4, -0.2) is 18.1 Å². The number of esters is 1. The van der Waals surface area contributed by atoms with E-state index in [1.54, 1.807) is 5.38 Å². The lowest BCUT2D eigenvalue weighted by Crippen LogP contribution is -2.10. The number of methoxy groups -OCH3 is 1. The molecule has 0 aliphatic rings. The SMILES string of the molecule is COC(=O)c1csc(-c2ccc(C(C)(C)C)cc2)n1. The third-order valence-electron chi connectivity index (χ3n) is 2.90. The molecule has 0 saturated heterocycles. The van der Waals surface area contributed by atoms with Crippen molar-refractivity contribution in [3.63, 3.8) is 0 Å². The van der Waals surface area contributed by atoms with Crippen LogP contribution < -0.4 is 0 Å². The van der Waals surface area contributed by atoms with Gasteiger partial charge in [-0.1, -0.05) is 45.0 Å². The number of nitrogens with zero attached hydrogens (tertiary/aromatic N) is 1. The number of carbonyl (C=O) groups excluding carboxylic acids is 1. The third kappa shape index (κ3) is 3.01. The molecule has 0 fully saturated rings. The van der Waals surface area contributed by atoms with Crippen LogP contribution in [0.5, 0.6) is 0 Å². The van der Waals surface area contributed by atoms with Crippen LogP contribution in [0.4, 0.5) is 0 Å². The van der Waals surface area contributed by atoms with E-state index in [4.69, 9.17) is 0 Å². The topological polar surface area (TPSA) is 39.2 Å². The number of hydrogen-bond donors (Lipinski definition) is 0. The molecule has 0 amide bonds. The Bertz CT molecular complexity index is 579. The maximum absolute atomic E-state index is 11.4. The zero-order chi connectivity index (χ0) is 14.0. The Morgan fingerprint density at radius 1 is 1.21 bits per heavy atom. The van der Waals surface area contributed by atoms with E-state index in [0.717, 1.165) is 10.6 Å². The van der Waals surface area contributed by atoms with Crippen LogP contribution in [0, 0.1) is 0 Å². The summed E-state index contributed by atoms with van der Waals surface area (Å²) in [4.78, 5) is 15.7. The Morgan fingerprint density at radius 3 is 2.37 bits per heavy atom. The largest absolute Gasteiger partial charge is 0.464 e. The molecule has 0 radical (unpaired) electrons. The zero-order valence-corrected chi connectivity index (χ0v) is 12.4. The predicted molar refractivity (Wildman–Crippen MR) is 77.6 cm³/mol. The van der Waals surface area contributed by atoms with E-state index in [1.807, 2.05) is 12.1 Å². The highest BCUT2D eigenvalue weighted by Crippen LogP contribution is 2.28.